The Kier molecular flexibility index (Phi) is 6.51. The Bertz CT molecular complexity index is 1300. The Balaban J connectivity index is 1.37. The second-order valence-corrected chi connectivity index (χ2v) is 10.7. The molecule has 9 heteroatoms. The smallest absolute Gasteiger partial charge is 0.241 e. The standard InChI is InChI=1S/C27H35N7O2/c1-17-15-18(5-8-24(35)33(3)4)25-22(29-17)7-6-21(31-25)20-11-14-34-23(20)16-28-26(32-34)30-19-9-12-27(2,36)13-10-19/h6-7,11,14,16,18-19,36H,5,8-10,12-13,15H2,1-4H3,(H,30,32). The number of rotatable bonds is 6. The highest BCUT2D eigenvalue weighted by molar-refractivity contribution is 5.88. The van der Waals surface area contributed by atoms with Crippen LogP contribution < -0.4 is 5.32 Å². The zero-order chi connectivity index (χ0) is 25.4. The maximum absolute atomic E-state index is 12.2. The molecule has 9 nitrogen and oxygen atoms in total. The van der Waals surface area contributed by atoms with E-state index in [9.17, 15) is 9.90 Å². The summed E-state index contributed by atoms with van der Waals surface area (Å²) in [5, 5.41) is 18.3. The topological polar surface area (TPSA) is 108 Å². The molecule has 36 heavy (non-hydrogen) atoms. The predicted molar refractivity (Wildman–Crippen MR) is 141 cm³/mol. The molecule has 0 bridgehead atoms. The number of amides is 1. The second-order valence-electron chi connectivity index (χ2n) is 10.7. The van der Waals surface area contributed by atoms with Crippen molar-refractivity contribution < 1.29 is 9.90 Å². The van der Waals surface area contributed by atoms with E-state index in [1.54, 1.807) is 19.0 Å². The summed E-state index contributed by atoms with van der Waals surface area (Å²) in [6.07, 6.45) is 9.17. The third-order valence-electron chi connectivity index (χ3n) is 7.44. The van der Waals surface area contributed by atoms with Crippen LogP contribution >= 0.6 is 0 Å². The third kappa shape index (κ3) is 5.11. The summed E-state index contributed by atoms with van der Waals surface area (Å²) < 4.78 is 1.83. The van der Waals surface area contributed by atoms with Crippen LogP contribution in [-0.2, 0) is 4.79 Å². The van der Waals surface area contributed by atoms with Crippen molar-refractivity contribution in [1.82, 2.24) is 24.5 Å². The van der Waals surface area contributed by atoms with Crippen molar-refractivity contribution in [3.8, 4) is 11.3 Å². The fraction of sp³-hybridized carbons (Fsp3) is 0.519. The van der Waals surface area contributed by atoms with Gasteiger partial charge in [-0.25, -0.2) is 9.50 Å². The van der Waals surface area contributed by atoms with E-state index in [0.29, 0.717) is 12.4 Å². The molecule has 0 spiro atoms. The lowest BCUT2D eigenvalue weighted by Crippen LogP contribution is -2.36. The van der Waals surface area contributed by atoms with Crippen LogP contribution in [0, 0.1) is 0 Å². The number of nitrogens with zero attached hydrogens (tertiary/aromatic N) is 6. The summed E-state index contributed by atoms with van der Waals surface area (Å²) in [7, 11) is 3.59. The van der Waals surface area contributed by atoms with Crippen LogP contribution in [0.3, 0.4) is 0 Å². The number of aliphatic hydroxyl groups is 1. The van der Waals surface area contributed by atoms with E-state index in [2.05, 4.69) is 15.4 Å². The van der Waals surface area contributed by atoms with Gasteiger partial charge in [-0.2, -0.15) is 0 Å². The normalized spacial score (nSPS) is 23.8. The summed E-state index contributed by atoms with van der Waals surface area (Å²) in [4.78, 5) is 28.2. The van der Waals surface area contributed by atoms with E-state index in [0.717, 1.165) is 72.4 Å². The van der Waals surface area contributed by atoms with Gasteiger partial charge in [0.15, 0.2) is 0 Å². The molecule has 1 aliphatic heterocycles. The molecule has 1 amide bonds. The molecule has 5 rings (SSSR count). The van der Waals surface area contributed by atoms with Crippen molar-refractivity contribution in [3.63, 3.8) is 0 Å². The van der Waals surface area contributed by atoms with Crippen LogP contribution in [0.5, 0.6) is 0 Å². The van der Waals surface area contributed by atoms with Crippen LogP contribution in [0.2, 0.25) is 0 Å². The van der Waals surface area contributed by atoms with E-state index < -0.39 is 5.60 Å². The highest BCUT2D eigenvalue weighted by Gasteiger charge is 2.29. The summed E-state index contributed by atoms with van der Waals surface area (Å²) in [5.41, 5.74) is 5.06. The number of aromatic nitrogens is 4. The van der Waals surface area contributed by atoms with Gasteiger partial charge in [0.2, 0.25) is 11.9 Å². The molecular formula is C27H35N7O2. The number of pyridine rings is 1. The van der Waals surface area contributed by atoms with Gasteiger partial charge in [0.25, 0.3) is 0 Å². The number of aliphatic imine (C=N–C) groups is 1. The van der Waals surface area contributed by atoms with Gasteiger partial charge >= 0.3 is 0 Å². The molecule has 0 radical (unpaired) electrons. The van der Waals surface area contributed by atoms with Gasteiger partial charge in [0, 0.05) is 49.9 Å². The molecule has 3 aromatic rings. The fourth-order valence-electron chi connectivity index (χ4n) is 5.23. The number of fused-ring (bicyclic) bond motifs is 2. The Hall–Kier alpha value is -3.33. The molecule has 4 heterocycles. The van der Waals surface area contributed by atoms with E-state index in [-0.39, 0.29) is 17.9 Å². The summed E-state index contributed by atoms with van der Waals surface area (Å²) in [5.74, 6) is 0.884. The monoisotopic (exact) mass is 489 g/mol. The molecule has 1 fully saturated rings. The van der Waals surface area contributed by atoms with Crippen molar-refractivity contribution in [1.29, 1.82) is 0 Å². The minimum atomic E-state index is -0.564. The molecule has 2 N–H and O–H groups in total. The zero-order valence-corrected chi connectivity index (χ0v) is 21.5. The van der Waals surface area contributed by atoms with Crippen molar-refractivity contribution in [2.24, 2.45) is 4.99 Å². The highest BCUT2D eigenvalue weighted by Crippen LogP contribution is 2.38. The Morgan fingerprint density at radius 1 is 1.25 bits per heavy atom. The van der Waals surface area contributed by atoms with Gasteiger partial charge in [-0.05, 0) is 70.6 Å². The molecule has 1 aliphatic carbocycles. The Labute approximate surface area is 211 Å². The molecule has 0 saturated heterocycles. The third-order valence-corrected chi connectivity index (χ3v) is 7.44. The number of anilines is 1. The summed E-state index contributed by atoms with van der Waals surface area (Å²) in [6.45, 7) is 3.94. The maximum atomic E-state index is 12.2. The number of nitrogens with one attached hydrogen (secondary N) is 1. The minimum Gasteiger partial charge on any atom is -0.390 e. The maximum Gasteiger partial charge on any atom is 0.241 e. The van der Waals surface area contributed by atoms with Crippen LogP contribution in [0.15, 0.2) is 35.6 Å². The van der Waals surface area contributed by atoms with Gasteiger partial charge in [0.1, 0.15) is 0 Å². The molecule has 190 valence electrons. The van der Waals surface area contributed by atoms with E-state index >= 15 is 0 Å². The van der Waals surface area contributed by atoms with Gasteiger partial charge < -0.3 is 15.3 Å². The minimum absolute atomic E-state index is 0.131. The average Bonchev–Trinajstić information content (AvgIpc) is 3.26. The fourth-order valence-corrected chi connectivity index (χ4v) is 5.23. The van der Waals surface area contributed by atoms with E-state index in [1.165, 1.54) is 0 Å². The van der Waals surface area contributed by atoms with Crippen LogP contribution in [0.4, 0.5) is 11.6 Å². The quantitative estimate of drug-likeness (QED) is 0.533. The molecule has 1 saturated carbocycles. The van der Waals surface area contributed by atoms with Gasteiger partial charge in [-0.1, -0.05) is 0 Å². The van der Waals surface area contributed by atoms with E-state index in [1.807, 2.05) is 49.0 Å². The average molecular weight is 490 g/mol. The number of carbonyl (C=O) groups is 1. The first-order chi connectivity index (χ1) is 17.2. The SMILES string of the molecule is CC1=Nc2ccc(-c3ccn4nc(NC5CCC(C)(O)CC5)ncc34)nc2C(CCC(=O)N(C)C)C1. The Morgan fingerprint density at radius 2 is 2.03 bits per heavy atom. The highest BCUT2D eigenvalue weighted by atomic mass is 16.3. The largest absolute Gasteiger partial charge is 0.390 e. The molecular weight excluding hydrogens is 454 g/mol. The van der Waals surface area contributed by atoms with Gasteiger partial charge in [-0.3, -0.25) is 14.8 Å². The lowest BCUT2D eigenvalue weighted by Gasteiger charge is -2.33. The summed E-state index contributed by atoms with van der Waals surface area (Å²) >= 11 is 0. The van der Waals surface area contributed by atoms with Crippen LogP contribution in [0.25, 0.3) is 16.8 Å². The Morgan fingerprint density at radius 3 is 2.78 bits per heavy atom. The molecule has 3 aromatic heterocycles. The summed E-state index contributed by atoms with van der Waals surface area (Å²) in [6, 6.07) is 6.31. The van der Waals surface area contributed by atoms with Gasteiger partial charge in [-0.15, -0.1) is 5.10 Å². The molecule has 0 aromatic carbocycles. The number of hydrogen-bond acceptors (Lipinski definition) is 7. The first-order valence-electron chi connectivity index (χ1n) is 12.8. The van der Waals surface area contributed by atoms with Crippen molar-refractivity contribution in [2.45, 2.75) is 76.4 Å². The predicted octanol–water partition coefficient (Wildman–Crippen LogP) is 4.34. The van der Waals surface area contributed by atoms with Crippen LogP contribution in [0.1, 0.15) is 70.4 Å². The number of carbonyl (C=O) groups excluding carboxylic acids is 1. The van der Waals surface area contributed by atoms with Crippen LogP contribution in [-0.4, -0.2) is 66.9 Å². The second kappa shape index (κ2) is 9.61. The first kappa shape index (κ1) is 24.4. The molecule has 2 aliphatic rings. The molecule has 1 unspecified atom stereocenters. The zero-order valence-electron chi connectivity index (χ0n) is 21.5. The number of hydrogen-bond donors (Lipinski definition) is 2. The van der Waals surface area contributed by atoms with Gasteiger partial charge in [0.05, 0.1) is 34.4 Å². The van der Waals surface area contributed by atoms with Crippen molar-refractivity contribution >= 4 is 28.8 Å². The first-order valence-corrected chi connectivity index (χ1v) is 12.8. The molecule has 1 atom stereocenters. The lowest BCUT2D eigenvalue weighted by atomic mass is 9.84. The van der Waals surface area contributed by atoms with Crippen molar-refractivity contribution in [2.75, 3.05) is 19.4 Å². The van der Waals surface area contributed by atoms with E-state index in [4.69, 9.17) is 9.98 Å². The van der Waals surface area contributed by atoms with Crippen molar-refractivity contribution in [3.05, 3.63) is 36.3 Å². The lowest BCUT2D eigenvalue weighted by molar-refractivity contribution is -0.128.